The summed E-state index contributed by atoms with van der Waals surface area (Å²) in [6.45, 7) is 1.94. The molecule has 0 radical (unpaired) electrons. The summed E-state index contributed by atoms with van der Waals surface area (Å²) in [6.07, 6.45) is 1.73. The van der Waals surface area contributed by atoms with E-state index in [9.17, 15) is 9.59 Å². The summed E-state index contributed by atoms with van der Waals surface area (Å²) in [5.74, 6) is -0.834. The molecule has 0 saturated heterocycles. The number of ether oxygens (including phenoxy) is 2. The Hall–Kier alpha value is -3.33. The van der Waals surface area contributed by atoms with Crippen LogP contribution >= 0.6 is 0 Å². The van der Waals surface area contributed by atoms with Gasteiger partial charge in [0.2, 0.25) is 0 Å². The van der Waals surface area contributed by atoms with Crippen LogP contribution in [0.3, 0.4) is 0 Å². The number of esters is 1. The molecule has 9 heteroatoms. The summed E-state index contributed by atoms with van der Waals surface area (Å²) >= 11 is 0. The summed E-state index contributed by atoms with van der Waals surface area (Å²) in [4.78, 5) is 39.3. The first-order valence-electron chi connectivity index (χ1n) is 7.82. The molecule has 2 aromatic heterocycles. The average Bonchev–Trinajstić information content (AvgIpc) is 3.12. The van der Waals surface area contributed by atoms with Crippen molar-refractivity contribution in [3.8, 4) is 0 Å². The Balaban J connectivity index is 1.63. The summed E-state index contributed by atoms with van der Waals surface area (Å²) < 4.78 is 10.2. The van der Waals surface area contributed by atoms with Gasteiger partial charge in [0.25, 0.3) is 5.91 Å². The molecule has 26 heavy (non-hydrogen) atoms. The van der Waals surface area contributed by atoms with E-state index >= 15 is 0 Å². The van der Waals surface area contributed by atoms with Crippen molar-refractivity contribution < 1.29 is 19.1 Å². The van der Waals surface area contributed by atoms with Crippen molar-refractivity contribution in [2.75, 3.05) is 12.4 Å². The van der Waals surface area contributed by atoms with Crippen molar-refractivity contribution in [2.24, 2.45) is 0 Å². The van der Waals surface area contributed by atoms with Gasteiger partial charge in [0, 0.05) is 7.11 Å². The number of anilines is 1. The zero-order valence-electron chi connectivity index (χ0n) is 14.2. The highest BCUT2D eigenvalue weighted by molar-refractivity contribution is 6.00. The Bertz CT molecular complexity index is 922. The standard InChI is InChI=1S/C17H17N5O4/c1-10(26-17(24)12-5-3-11(4-6-12)7-25-2)16(23)22-15-13-14(19-8-18-13)20-9-21-15/h3-6,8-10H,7H2,1-2H3,(H2,18,19,20,21,22,23)/t10-/m1/s1. The number of nitrogens with one attached hydrogen (secondary N) is 2. The van der Waals surface area contributed by atoms with Crippen LogP contribution in [0.25, 0.3) is 11.2 Å². The van der Waals surface area contributed by atoms with E-state index in [0.717, 1.165) is 5.56 Å². The van der Waals surface area contributed by atoms with Crippen LogP contribution in [0, 0.1) is 0 Å². The number of imidazole rings is 1. The highest BCUT2D eigenvalue weighted by Crippen LogP contribution is 2.15. The monoisotopic (exact) mass is 355 g/mol. The van der Waals surface area contributed by atoms with Crippen molar-refractivity contribution in [3.63, 3.8) is 0 Å². The number of fused-ring (bicyclic) bond motifs is 1. The van der Waals surface area contributed by atoms with E-state index in [0.29, 0.717) is 23.3 Å². The van der Waals surface area contributed by atoms with Gasteiger partial charge in [-0.3, -0.25) is 4.79 Å². The molecule has 9 nitrogen and oxygen atoms in total. The molecule has 2 heterocycles. The number of aromatic nitrogens is 4. The van der Waals surface area contributed by atoms with E-state index in [4.69, 9.17) is 9.47 Å². The van der Waals surface area contributed by atoms with Gasteiger partial charge in [-0.25, -0.2) is 19.7 Å². The SMILES string of the molecule is COCc1ccc(C(=O)O[C@H](C)C(=O)Nc2ncnc3nc[nH]c23)cc1. The predicted octanol–water partition coefficient (Wildman–Crippen LogP) is 1.68. The third kappa shape index (κ3) is 3.83. The van der Waals surface area contributed by atoms with Crippen molar-refractivity contribution in [1.82, 2.24) is 19.9 Å². The van der Waals surface area contributed by atoms with Crippen LogP contribution in [0.1, 0.15) is 22.8 Å². The first kappa shape index (κ1) is 17.5. The van der Waals surface area contributed by atoms with Gasteiger partial charge < -0.3 is 19.8 Å². The number of carbonyl (C=O) groups is 2. The minimum Gasteiger partial charge on any atom is -0.449 e. The average molecular weight is 355 g/mol. The van der Waals surface area contributed by atoms with Crippen LogP contribution in [0.4, 0.5) is 5.82 Å². The lowest BCUT2D eigenvalue weighted by molar-refractivity contribution is -0.123. The van der Waals surface area contributed by atoms with E-state index in [2.05, 4.69) is 25.3 Å². The second kappa shape index (κ2) is 7.70. The maximum Gasteiger partial charge on any atom is 0.338 e. The van der Waals surface area contributed by atoms with Gasteiger partial charge in [0.15, 0.2) is 17.6 Å². The second-order valence-electron chi connectivity index (χ2n) is 5.49. The summed E-state index contributed by atoms with van der Waals surface area (Å²) in [5, 5.41) is 2.60. The quantitative estimate of drug-likeness (QED) is 0.646. The molecule has 0 aliphatic carbocycles. The molecule has 0 fully saturated rings. The first-order valence-corrected chi connectivity index (χ1v) is 7.82. The lowest BCUT2D eigenvalue weighted by Crippen LogP contribution is -2.30. The Morgan fingerprint density at radius 2 is 1.96 bits per heavy atom. The number of rotatable bonds is 6. The Labute approximate surface area is 148 Å². The smallest absolute Gasteiger partial charge is 0.338 e. The van der Waals surface area contributed by atoms with Crippen LogP contribution in [-0.2, 0) is 20.9 Å². The fourth-order valence-corrected chi connectivity index (χ4v) is 2.26. The van der Waals surface area contributed by atoms with Crippen molar-refractivity contribution in [3.05, 3.63) is 48.0 Å². The first-order chi connectivity index (χ1) is 12.6. The minimum absolute atomic E-state index is 0.268. The summed E-state index contributed by atoms with van der Waals surface area (Å²) in [5.41, 5.74) is 2.20. The number of hydrogen-bond acceptors (Lipinski definition) is 7. The molecule has 0 aliphatic rings. The van der Waals surface area contributed by atoms with Crippen LogP contribution in [0.2, 0.25) is 0 Å². The fourth-order valence-electron chi connectivity index (χ4n) is 2.26. The van der Waals surface area contributed by atoms with Crippen LogP contribution in [0.5, 0.6) is 0 Å². The zero-order chi connectivity index (χ0) is 18.5. The van der Waals surface area contributed by atoms with Crippen LogP contribution in [-0.4, -0.2) is 45.0 Å². The highest BCUT2D eigenvalue weighted by Gasteiger charge is 2.20. The lowest BCUT2D eigenvalue weighted by atomic mass is 10.1. The number of amides is 1. The van der Waals surface area contributed by atoms with Gasteiger partial charge in [-0.05, 0) is 24.6 Å². The van der Waals surface area contributed by atoms with E-state index in [1.807, 2.05) is 0 Å². The fraction of sp³-hybridized carbons (Fsp3) is 0.235. The van der Waals surface area contributed by atoms with Gasteiger partial charge in [-0.15, -0.1) is 0 Å². The van der Waals surface area contributed by atoms with E-state index < -0.39 is 18.0 Å². The molecule has 0 aliphatic heterocycles. The second-order valence-corrected chi connectivity index (χ2v) is 5.49. The van der Waals surface area contributed by atoms with Crippen molar-refractivity contribution >= 4 is 28.9 Å². The molecule has 2 N–H and O–H groups in total. The highest BCUT2D eigenvalue weighted by atomic mass is 16.5. The number of carbonyl (C=O) groups excluding carboxylic acids is 2. The number of methoxy groups -OCH3 is 1. The van der Waals surface area contributed by atoms with Gasteiger partial charge in [-0.2, -0.15) is 0 Å². The third-order valence-corrected chi connectivity index (χ3v) is 3.62. The normalized spacial score (nSPS) is 11.9. The largest absolute Gasteiger partial charge is 0.449 e. The number of H-pyrrole nitrogens is 1. The van der Waals surface area contributed by atoms with Crippen LogP contribution in [0.15, 0.2) is 36.9 Å². The predicted molar refractivity (Wildman–Crippen MR) is 92.3 cm³/mol. The van der Waals surface area contributed by atoms with Crippen molar-refractivity contribution in [2.45, 2.75) is 19.6 Å². The molecule has 1 atom stereocenters. The lowest BCUT2D eigenvalue weighted by Gasteiger charge is -2.13. The van der Waals surface area contributed by atoms with Gasteiger partial charge in [-0.1, -0.05) is 12.1 Å². The maximum atomic E-state index is 12.3. The Kier molecular flexibility index (Phi) is 5.18. The topological polar surface area (TPSA) is 119 Å². The van der Waals surface area contributed by atoms with E-state index in [1.165, 1.54) is 19.6 Å². The summed E-state index contributed by atoms with van der Waals surface area (Å²) in [7, 11) is 1.59. The molecular formula is C17H17N5O4. The molecule has 1 amide bonds. The van der Waals surface area contributed by atoms with Gasteiger partial charge >= 0.3 is 5.97 Å². The Morgan fingerprint density at radius 1 is 1.19 bits per heavy atom. The molecule has 1 aromatic carbocycles. The zero-order valence-corrected chi connectivity index (χ0v) is 14.2. The maximum absolute atomic E-state index is 12.3. The number of hydrogen-bond donors (Lipinski definition) is 2. The molecule has 0 spiro atoms. The molecule has 0 unspecified atom stereocenters. The van der Waals surface area contributed by atoms with E-state index in [-0.39, 0.29) is 5.82 Å². The number of aromatic amines is 1. The molecule has 134 valence electrons. The van der Waals surface area contributed by atoms with Gasteiger partial charge in [0.1, 0.15) is 11.8 Å². The minimum atomic E-state index is -1.01. The molecule has 3 aromatic rings. The molecular weight excluding hydrogens is 338 g/mol. The molecule has 0 saturated carbocycles. The Morgan fingerprint density at radius 3 is 2.69 bits per heavy atom. The summed E-state index contributed by atoms with van der Waals surface area (Å²) in [6, 6.07) is 6.78. The number of benzene rings is 1. The molecule has 0 bridgehead atoms. The van der Waals surface area contributed by atoms with Crippen LogP contribution < -0.4 is 5.32 Å². The third-order valence-electron chi connectivity index (χ3n) is 3.62. The number of nitrogens with zero attached hydrogens (tertiary/aromatic N) is 3. The molecule has 3 rings (SSSR count). The van der Waals surface area contributed by atoms with Gasteiger partial charge in [0.05, 0.1) is 18.5 Å². The van der Waals surface area contributed by atoms with Crippen molar-refractivity contribution in [1.29, 1.82) is 0 Å². The van der Waals surface area contributed by atoms with E-state index in [1.54, 1.807) is 31.4 Å².